The van der Waals surface area contributed by atoms with Crippen molar-refractivity contribution < 1.29 is 14.3 Å². The highest BCUT2D eigenvalue weighted by atomic mass is 16.5. The van der Waals surface area contributed by atoms with Crippen molar-refractivity contribution in [3.63, 3.8) is 0 Å². The Labute approximate surface area is 149 Å². The molecule has 0 saturated carbocycles. The zero-order chi connectivity index (χ0) is 17.8. The van der Waals surface area contributed by atoms with Crippen molar-refractivity contribution >= 4 is 5.91 Å². The molecule has 1 aliphatic rings. The molecule has 1 amide bonds. The second-order valence-electron chi connectivity index (χ2n) is 6.40. The molecular weight excluding hydrogens is 314 g/mol. The fraction of sp³-hybridized carbons (Fsp3) is 0.381. The van der Waals surface area contributed by atoms with E-state index in [1.165, 1.54) is 0 Å². The van der Waals surface area contributed by atoms with E-state index in [1.54, 1.807) is 7.11 Å². The number of hydrogen-bond acceptors (Lipinski definition) is 3. The van der Waals surface area contributed by atoms with E-state index in [0.29, 0.717) is 13.2 Å². The van der Waals surface area contributed by atoms with Gasteiger partial charge in [-0.05, 0) is 49.6 Å². The fourth-order valence-electron chi connectivity index (χ4n) is 3.42. The lowest BCUT2D eigenvalue weighted by Crippen LogP contribution is -2.42. The van der Waals surface area contributed by atoms with Crippen molar-refractivity contribution in [1.29, 1.82) is 0 Å². The lowest BCUT2D eigenvalue weighted by atomic mass is 9.94. The highest BCUT2D eigenvalue weighted by Crippen LogP contribution is 2.30. The third kappa shape index (κ3) is 3.63. The maximum absolute atomic E-state index is 13.1. The molecule has 2 atom stereocenters. The summed E-state index contributed by atoms with van der Waals surface area (Å²) in [4.78, 5) is 15.1. The third-order valence-corrected chi connectivity index (χ3v) is 4.90. The van der Waals surface area contributed by atoms with Gasteiger partial charge in [-0.1, -0.05) is 30.3 Å². The van der Waals surface area contributed by atoms with Crippen LogP contribution in [-0.2, 0) is 11.2 Å². The first-order valence-electron chi connectivity index (χ1n) is 8.79. The lowest BCUT2D eigenvalue weighted by Gasteiger charge is -2.34. The normalized spacial score (nSPS) is 17.2. The van der Waals surface area contributed by atoms with Crippen LogP contribution in [0.2, 0.25) is 0 Å². The Balaban J connectivity index is 1.77. The number of carbonyl (C=O) groups excluding carboxylic acids is 1. The molecule has 132 valence electrons. The van der Waals surface area contributed by atoms with Crippen LogP contribution in [0.25, 0.3) is 0 Å². The van der Waals surface area contributed by atoms with Crippen molar-refractivity contribution in [2.75, 3.05) is 20.3 Å². The molecule has 2 unspecified atom stereocenters. The Hall–Kier alpha value is -2.49. The van der Waals surface area contributed by atoms with Gasteiger partial charge in [0.25, 0.3) is 0 Å². The van der Waals surface area contributed by atoms with Crippen LogP contribution in [-0.4, -0.2) is 31.1 Å². The van der Waals surface area contributed by atoms with E-state index in [4.69, 9.17) is 9.47 Å². The van der Waals surface area contributed by atoms with Gasteiger partial charge in [0.2, 0.25) is 5.91 Å². The van der Waals surface area contributed by atoms with Crippen LogP contribution in [0.4, 0.5) is 0 Å². The summed E-state index contributed by atoms with van der Waals surface area (Å²) in [6, 6.07) is 15.9. The third-order valence-electron chi connectivity index (χ3n) is 4.90. The van der Waals surface area contributed by atoms with E-state index in [9.17, 15) is 4.79 Å². The van der Waals surface area contributed by atoms with Crippen LogP contribution in [0.5, 0.6) is 11.5 Å². The number of benzene rings is 2. The smallest absolute Gasteiger partial charge is 0.229 e. The summed E-state index contributed by atoms with van der Waals surface area (Å²) in [6.45, 7) is 5.19. The molecule has 0 radical (unpaired) electrons. The molecule has 1 aliphatic heterocycles. The quantitative estimate of drug-likeness (QED) is 0.830. The van der Waals surface area contributed by atoms with Gasteiger partial charge < -0.3 is 14.4 Å². The standard InChI is InChI=1S/C21H25NO3/c1-4-22(15(2)16-9-7-10-19(13-16)24-3)21(23)18-12-17-8-5-6-11-20(17)25-14-18/h5-11,13,15,18H,4,12,14H2,1-3H3. The van der Waals surface area contributed by atoms with Gasteiger partial charge in [-0.25, -0.2) is 0 Å². The van der Waals surface area contributed by atoms with Gasteiger partial charge in [0.05, 0.1) is 19.1 Å². The van der Waals surface area contributed by atoms with Gasteiger partial charge in [0.1, 0.15) is 18.1 Å². The second-order valence-corrected chi connectivity index (χ2v) is 6.40. The predicted octanol–water partition coefficient (Wildman–Crippen LogP) is 3.86. The molecule has 0 aromatic heterocycles. The Bertz CT molecular complexity index is 743. The van der Waals surface area contributed by atoms with E-state index < -0.39 is 0 Å². The predicted molar refractivity (Wildman–Crippen MR) is 97.9 cm³/mol. The molecule has 0 N–H and O–H groups in total. The van der Waals surface area contributed by atoms with Gasteiger partial charge in [0, 0.05) is 6.54 Å². The average molecular weight is 339 g/mol. The number of methoxy groups -OCH3 is 1. The summed E-state index contributed by atoms with van der Waals surface area (Å²) >= 11 is 0. The minimum atomic E-state index is -0.136. The first-order valence-corrected chi connectivity index (χ1v) is 8.79. The van der Waals surface area contributed by atoms with Gasteiger partial charge in [-0.2, -0.15) is 0 Å². The van der Waals surface area contributed by atoms with Crippen LogP contribution in [0, 0.1) is 5.92 Å². The number of fused-ring (bicyclic) bond motifs is 1. The highest BCUT2D eigenvalue weighted by molar-refractivity contribution is 5.80. The topological polar surface area (TPSA) is 38.8 Å². The minimum absolute atomic E-state index is 0.00947. The number of hydrogen-bond donors (Lipinski definition) is 0. The van der Waals surface area contributed by atoms with E-state index in [2.05, 4.69) is 6.92 Å². The Morgan fingerprint density at radius 1 is 1.28 bits per heavy atom. The number of ether oxygens (including phenoxy) is 2. The zero-order valence-electron chi connectivity index (χ0n) is 15.1. The van der Waals surface area contributed by atoms with E-state index >= 15 is 0 Å². The molecule has 0 saturated heterocycles. The molecule has 0 spiro atoms. The molecule has 2 aromatic carbocycles. The van der Waals surface area contributed by atoms with Gasteiger partial charge in [-0.15, -0.1) is 0 Å². The molecule has 0 aliphatic carbocycles. The highest BCUT2D eigenvalue weighted by Gasteiger charge is 2.31. The maximum Gasteiger partial charge on any atom is 0.229 e. The monoisotopic (exact) mass is 339 g/mol. The van der Waals surface area contributed by atoms with Crippen LogP contribution in [0.1, 0.15) is 31.0 Å². The van der Waals surface area contributed by atoms with E-state index in [0.717, 1.165) is 29.0 Å². The summed E-state index contributed by atoms with van der Waals surface area (Å²) in [6.07, 6.45) is 0.732. The molecule has 0 bridgehead atoms. The molecule has 2 aromatic rings. The molecule has 4 heteroatoms. The van der Waals surface area contributed by atoms with E-state index in [-0.39, 0.29) is 17.9 Å². The maximum atomic E-state index is 13.1. The van der Waals surface area contributed by atoms with Crippen molar-refractivity contribution in [3.8, 4) is 11.5 Å². The fourth-order valence-corrected chi connectivity index (χ4v) is 3.42. The SMILES string of the molecule is CCN(C(=O)C1COc2ccccc2C1)C(C)c1cccc(OC)c1. The molecule has 1 heterocycles. The molecule has 4 nitrogen and oxygen atoms in total. The van der Waals surface area contributed by atoms with Crippen molar-refractivity contribution in [2.45, 2.75) is 26.3 Å². The number of para-hydroxylation sites is 1. The minimum Gasteiger partial charge on any atom is -0.497 e. The lowest BCUT2D eigenvalue weighted by molar-refractivity contribution is -0.139. The van der Waals surface area contributed by atoms with Crippen molar-refractivity contribution in [3.05, 3.63) is 59.7 Å². The van der Waals surface area contributed by atoms with E-state index in [1.807, 2.05) is 60.4 Å². The number of rotatable bonds is 5. The Morgan fingerprint density at radius 3 is 2.84 bits per heavy atom. The average Bonchev–Trinajstić information content (AvgIpc) is 2.68. The van der Waals surface area contributed by atoms with Gasteiger partial charge in [-0.3, -0.25) is 4.79 Å². The molecule has 0 fully saturated rings. The van der Waals surface area contributed by atoms with Crippen molar-refractivity contribution in [1.82, 2.24) is 4.90 Å². The first kappa shape index (κ1) is 17.3. The second kappa shape index (κ2) is 7.60. The largest absolute Gasteiger partial charge is 0.497 e. The Morgan fingerprint density at radius 2 is 2.08 bits per heavy atom. The number of carbonyl (C=O) groups is 1. The van der Waals surface area contributed by atoms with Crippen LogP contribution in [0.15, 0.2) is 48.5 Å². The van der Waals surface area contributed by atoms with Crippen LogP contribution >= 0.6 is 0 Å². The summed E-state index contributed by atoms with van der Waals surface area (Å²) in [7, 11) is 1.66. The summed E-state index contributed by atoms with van der Waals surface area (Å²) in [5.41, 5.74) is 2.18. The van der Waals surface area contributed by atoms with Gasteiger partial charge >= 0.3 is 0 Å². The van der Waals surface area contributed by atoms with Gasteiger partial charge in [0.15, 0.2) is 0 Å². The summed E-state index contributed by atoms with van der Waals surface area (Å²) < 4.78 is 11.1. The zero-order valence-corrected chi connectivity index (χ0v) is 15.1. The van der Waals surface area contributed by atoms with Crippen molar-refractivity contribution in [2.24, 2.45) is 5.92 Å². The number of nitrogens with zero attached hydrogens (tertiary/aromatic N) is 1. The molecular formula is C21H25NO3. The first-order chi connectivity index (χ1) is 12.1. The molecule has 3 rings (SSSR count). The Kier molecular flexibility index (Phi) is 5.27. The number of amides is 1. The van der Waals surface area contributed by atoms with Crippen LogP contribution in [0.3, 0.4) is 0 Å². The van der Waals surface area contributed by atoms with Crippen LogP contribution < -0.4 is 9.47 Å². The molecule has 25 heavy (non-hydrogen) atoms. The summed E-state index contributed by atoms with van der Waals surface area (Å²) in [5, 5.41) is 0. The summed E-state index contributed by atoms with van der Waals surface area (Å²) in [5.74, 6) is 1.72.